The Bertz CT molecular complexity index is 1000. The summed E-state index contributed by atoms with van der Waals surface area (Å²) >= 11 is 3.37. The Labute approximate surface area is 192 Å². The Morgan fingerprint density at radius 2 is 1.77 bits per heavy atom. The molecule has 0 amide bonds. The molecule has 2 rings (SSSR count). The summed E-state index contributed by atoms with van der Waals surface area (Å²) < 4.78 is 39.8. The molecule has 2 aromatic rings. The topological polar surface area (TPSA) is 85.8 Å². The molecule has 1 heterocycles. The molecule has 0 bridgehead atoms. The molecule has 170 valence electrons. The van der Waals surface area contributed by atoms with Gasteiger partial charge in [0.1, 0.15) is 22.0 Å². The molecule has 9 heteroatoms. The average Bonchev–Trinajstić information content (AvgIpc) is 2.67. The lowest BCUT2D eigenvalue weighted by Crippen LogP contribution is -2.49. The molecule has 0 saturated carbocycles. The van der Waals surface area contributed by atoms with E-state index in [0.29, 0.717) is 15.9 Å². The minimum Gasteiger partial charge on any atom is -0.497 e. The van der Waals surface area contributed by atoms with E-state index in [1.54, 1.807) is 65.1 Å². The SMILES string of the molecule is COc1ccc(S(=O)(=O)N(Cc2cccnc2Br)[C@@H](C(=O)OC(C)(C)C)C(C)C)cc1. The second-order valence-corrected chi connectivity index (χ2v) is 11.0. The predicted molar refractivity (Wildman–Crippen MR) is 122 cm³/mol. The van der Waals surface area contributed by atoms with E-state index in [2.05, 4.69) is 20.9 Å². The van der Waals surface area contributed by atoms with E-state index < -0.39 is 27.6 Å². The third-order valence-electron chi connectivity index (χ3n) is 4.42. The van der Waals surface area contributed by atoms with Crippen molar-refractivity contribution in [3.63, 3.8) is 0 Å². The number of ether oxygens (including phenoxy) is 2. The maximum absolute atomic E-state index is 13.7. The van der Waals surface area contributed by atoms with E-state index >= 15 is 0 Å². The summed E-state index contributed by atoms with van der Waals surface area (Å²) in [5.74, 6) is -0.397. The minimum atomic E-state index is -4.06. The number of halogens is 1. The Hall–Kier alpha value is -1.97. The molecule has 0 unspecified atom stereocenters. The van der Waals surface area contributed by atoms with E-state index in [-0.39, 0.29) is 17.4 Å². The van der Waals surface area contributed by atoms with Crippen molar-refractivity contribution in [2.75, 3.05) is 7.11 Å². The van der Waals surface area contributed by atoms with Crippen molar-refractivity contribution in [1.29, 1.82) is 0 Å². The number of sulfonamides is 1. The van der Waals surface area contributed by atoms with E-state index in [1.165, 1.54) is 23.5 Å². The van der Waals surface area contributed by atoms with Crippen LogP contribution in [0.25, 0.3) is 0 Å². The standard InChI is InChI=1S/C22H29BrN2O5S/c1-15(2)19(21(26)30-22(3,4)5)25(14-16-8-7-13-24-20(16)23)31(27,28)18-11-9-17(29-6)10-12-18/h7-13,15,19H,14H2,1-6H3/t19-/m1/s1. The first-order valence-corrected chi connectivity index (χ1v) is 12.1. The Balaban J connectivity index is 2.59. The zero-order valence-corrected chi connectivity index (χ0v) is 21.0. The highest BCUT2D eigenvalue weighted by Gasteiger charge is 2.40. The number of hydrogen-bond acceptors (Lipinski definition) is 6. The van der Waals surface area contributed by atoms with Gasteiger partial charge in [-0.3, -0.25) is 4.79 Å². The molecular weight excluding hydrogens is 484 g/mol. The Kier molecular flexibility index (Phi) is 8.24. The van der Waals surface area contributed by atoms with E-state index in [0.717, 1.165) is 0 Å². The summed E-state index contributed by atoms with van der Waals surface area (Å²) in [7, 11) is -2.55. The molecule has 0 radical (unpaired) electrons. The summed E-state index contributed by atoms with van der Waals surface area (Å²) in [5.41, 5.74) is -0.122. The lowest BCUT2D eigenvalue weighted by molar-refractivity contribution is -0.161. The van der Waals surface area contributed by atoms with Crippen molar-refractivity contribution in [2.24, 2.45) is 5.92 Å². The first-order chi connectivity index (χ1) is 14.4. The summed E-state index contributed by atoms with van der Waals surface area (Å²) in [6.45, 7) is 8.80. The fourth-order valence-corrected chi connectivity index (χ4v) is 5.07. The summed E-state index contributed by atoms with van der Waals surface area (Å²) in [6, 6.07) is 8.53. The van der Waals surface area contributed by atoms with Gasteiger partial charge in [0.15, 0.2) is 0 Å². The molecule has 0 aliphatic rings. The van der Waals surface area contributed by atoms with Crippen LogP contribution in [-0.2, 0) is 26.1 Å². The number of pyridine rings is 1. The molecule has 0 aliphatic carbocycles. The van der Waals surface area contributed by atoms with Gasteiger partial charge in [-0.15, -0.1) is 0 Å². The fourth-order valence-electron chi connectivity index (χ4n) is 3.01. The lowest BCUT2D eigenvalue weighted by Gasteiger charge is -2.34. The minimum absolute atomic E-state index is 0.0507. The number of methoxy groups -OCH3 is 1. The number of benzene rings is 1. The zero-order chi connectivity index (χ0) is 23.4. The summed E-state index contributed by atoms with van der Waals surface area (Å²) in [6.07, 6.45) is 1.60. The molecule has 0 aliphatic heterocycles. The molecular formula is C22H29BrN2O5S. The summed E-state index contributed by atoms with van der Waals surface area (Å²) in [5, 5.41) is 0. The molecule has 0 N–H and O–H groups in total. The van der Waals surface area contributed by atoms with E-state index in [4.69, 9.17) is 9.47 Å². The van der Waals surface area contributed by atoms with Gasteiger partial charge in [0.05, 0.1) is 12.0 Å². The van der Waals surface area contributed by atoms with E-state index in [1.807, 2.05) is 0 Å². The van der Waals surface area contributed by atoms with Gasteiger partial charge in [0.25, 0.3) is 0 Å². The van der Waals surface area contributed by atoms with Crippen LogP contribution in [0.5, 0.6) is 5.75 Å². The van der Waals surface area contributed by atoms with Gasteiger partial charge in [-0.2, -0.15) is 4.31 Å². The number of nitrogens with zero attached hydrogens (tertiary/aromatic N) is 2. The largest absolute Gasteiger partial charge is 0.497 e. The first kappa shape index (κ1) is 25.3. The number of hydrogen-bond donors (Lipinski definition) is 0. The van der Waals surface area contributed by atoms with E-state index in [9.17, 15) is 13.2 Å². The highest BCUT2D eigenvalue weighted by molar-refractivity contribution is 9.10. The fraction of sp³-hybridized carbons (Fsp3) is 0.455. The van der Waals surface area contributed by atoms with Crippen molar-refractivity contribution in [2.45, 2.75) is 57.7 Å². The number of carbonyl (C=O) groups excluding carboxylic acids is 1. The predicted octanol–water partition coefficient (Wildman–Crippen LogP) is 4.41. The quantitative estimate of drug-likeness (QED) is 0.384. The number of rotatable bonds is 8. The maximum Gasteiger partial charge on any atom is 0.325 e. The van der Waals surface area contributed by atoms with Crippen molar-refractivity contribution in [3.8, 4) is 5.75 Å². The molecule has 7 nitrogen and oxygen atoms in total. The van der Waals surface area contributed by atoms with Crippen LogP contribution >= 0.6 is 15.9 Å². The van der Waals surface area contributed by atoms with Gasteiger partial charge in [0, 0.05) is 18.3 Å². The maximum atomic E-state index is 13.7. The number of esters is 1. The van der Waals surface area contributed by atoms with Gasteiger partial charge in [-0.1, -0.05) is 19.9 Å². The van der Waals surface area contributed by atoms with Gasteiger partial charge < -0.3 is 9.47 Å². The van der Waals surface area contributed by atoms with Crippen LogP contribution in [0.3, 0.4) is 0 Å². The van der Waals surface area contributed by atoms with Crippen molar-refractivity contribution in [1.82, 2.24) is 9.29 Å². The second kappa shape index (κ2) is 10.1. The van der Waals surface area contributed by atoms with Gasteiger partial charge in [-0.25, -0.2) is 13.4 Å². The summed E-state index contributed by atoms with van der Waals surface area (Å²) in [4.78, 5) is 17.4. The second-order valence-electron chi connectivity index (χ2n) is 8.40. The van der Waals surface area contributed by atoms with Gasteiger partial charge >= 0.3 is 5.97 Å². The molecule has 0 saturated heterocycles. The van der Waals surface area contributed by atoms with Crippen molar-refractivity contribution in [3.05, 3.63) is 52.8 Å². The van der Waals surface area contributed by atoms with Crippen molar-refractivity contribution >= 4 is 31.9 Å². The Morgan fingerprint density at radius 3 is 2.26 bits per heavy atom. The molecule has 1 aromatic heterocycles. The van der Waals surface area contributed by atoms with Crippen LogP contribution in [0.2, 0.25) is 0 Å². The molecule has 1 aromatic carbocycles. The lowest BCUT2D eigenvalue weighted by atomic mass is 10.0. The van der Waals surface area contributed by atoms with Crippen LogP contribution in [-0.4, -0.2) is 42.4 Å². The molecule has 31 heavy (non-hydrogen) atoms. The normalized spacial score (nSPS) is 13.3. The van der Waals surface area contributed by atoms with Crippen LogP contribution in [0.4, 0.5) is 0 Å². The third kappa shape index (κ3) is 6.51. The molecule has 0 spiro atoms. The number of carbonyl (C=O) groups is 1. The first-order valence-electron chi connectivity index (χ1n) is 9.85. The monoisotopic (exact) mass is 512 g/mol. The van der Waals surface area contributed by atoms with Crippen LogP contribution < -0.4 is 4.74 Å². The molecule has 0 fully saturated rings. The number of aromatic nitrogens is 1. The highest BCUT2D eigenvalue weighted by Crippen LogP contribution is 2.29. The smallest absolute Gasteiger partial charge is 0.325 e. The van der Waals surface area contributed by atoms with Crippen LogP contribution in [0.1, 0.15) is 40.2 Å². The van der Waals surface area contributed by atoms with Crippen molar-refractivity contribution < 1.29 is 22.7 Å². The van der Waals surface area contributed by atoms with Crippen LogP contribution in [0, 0.1) is 5.92 Å². The highest BCUT2D eigenvalue weighted by atomic mass is 79.9. The van der Waals surface area contributed by atoms with Crippen LogP contribution in [0.15, 0.2) is 52.1 Å². The zero-order valence-electron chi connectivity index (χ0n) is 18.6. The Morgan fingerprint density at radius 1 is 1.16 bits per heavy atom. The average molecular weight is 513 g/mol. The molecule has 1 atom stereocenters. The third-order valence-corrected chi connectivity index (χ3v) is 6.97. The van der Waals surface area contributed by atoms with Gasteiger partial charge in [-0.05, 0) is 73.0 Å². The van der Waals surface area contributed by atoms with Gasteiger partial charge in [0.2, 0.25) is 10.0 Å².